The lowest BCUT2D eigenvalue weighted by atomic mass is 9.92. The van der Waals surface area contributed by atoms with E-state index in [0.717, 1.165) is 0 Å². The minimum absolute atomic E-state index is 0.0626. The Balaban J connectivity index is 2.52. The molecule has 0 saturated carbocycles. The van der Waals surface area contributed by atoms with Crippen LogP contribution < -0.4 is 4.74 Å². The summed E-state index contributed by atoms with van der Waals surface area (Å²) in [7, 11) is 0. The largest absolute Gasteiger partial charge is 0.507 e. The standard InChI is InChI=1S/C19H20O4/c1-11-12(2)19(23-14(4)20)16(13(3)18(11)22)10-17(21)15-8-6-5-7-9-15/h5-9,22H,10H2,1-4H3. The Morgan fingerprint density at radius 1 is 1.00 bits per heavy atom. The molecule has 0 amide bonds. The molecule has 120 valence electrons. The molecular formula is C19H20O4. The number of ether oxygens (including phenoxy) is 1. The van der Waals surface area contributed by atoms with Crippen molar-refractivity contribution >= 4 is 11.8 Å². The summed E-state index contributed by atoms with van der Waals surface area (Å²) in [6, 6.07) is 8.91. The molecule has 0 aliphatic rings. The van der Waals surface area contributed by atoms with Crippen LogP contribution in [0, 0.1) is 20.8 Å². The van der Waals surface area contributed by atoms with Gasteiger partial charge < -0.3 is 9.84 Å². The molecule has 0 atom stereocenters. The van der Waals surface area contributed by atoms with E-state index in [1.165, 1.54) is 6.92 Å². The zero-order valence-electron chi connectivity index (χ0n) is 13.8. The van der Waals surface area contributed by atoms with Crippen LogP contribution in [0.15, 0.2) is 30.3 Å². The highest BCUT2D eigenvalue weighted by Gasteiger charge is 2.21. The molecule has 0 spiro atoms. The number of benzene rings is 2. The number of ketones is 1. The predicted molar refractivity (Wildman–Crippen MR) is 88.1 cm³/mol. The van der Waals surface area contributed by atoms with E-state index in [9.17, 15) is 14.7 Å². The van der Waals surface area contributed by atoms with Crippen LogP contribution in [0.4, 0.5) is 0 Å². The first kappa shape index (κ1) is 16.7. The quantitative estimate of drug-likeness (QED) is 0.531. The Morgan fingerprint density at radius 2 is 1.61 bits per heavy atom. The third-order valence-electron chi connectivity index (χ3n) is 4.02. The zero-order chi connectivity index (χ0) is 17.1. The molecule has 0 aliphatic heterocycles. The summed E-state index contributed by atoms with van der Waals surface area (Å²) >= 11 is 0. The molecular weight excluding hydrogens is 292 g/mol. The van der Waals surface area contributed by atoms with Gasteiger partial charge in [-0.05, 0) is 37.5 Å². The van der Waals surface area contributed by atoms with Gasteiger partial charge in [0.15, 0.2) is 5.78 Å². The first-order valence-electron chi connectivity index (χ1n) is 7.41. The predicted octanol–water partition coefficient (Wildman–Crippen LogP) is 3.67. The van der Waals surface area contributed by atoms with Crippen LogP contribution in [0.1, 0.15) is 39.5 Å². The molecule has 0 unspecified atom stereocenters. The van der Waals surface area contributed by atoms with Crippen LogP contribution in [0.3, 0.4) is 0 Å². The van der Waals surface area contributed by atoms with Crippen molar-refractivity contribution in [3.05, 3.63) is 58.1 Å². The van der Waals surface area contributed by atoms with Gasteiger partial charge in [0.2, 0.25) is 0 Å². The van der Waals surface area contributed by atoms with Crippen molar-refractivity contribution in [3.8, 4) is 11.5 Å². The van der Waals surface area contributed by atoms with Gasteiger partial charge in [0.1, 0.15) is 11.5 Å². The van der Waals surface area contributed by atoms with Gasteiger partial charge >= 0.3 is 5.97 Å². The average Bonchev–Trinajstić information content (AvgIpc) is 2.54. The fourth-order valence-electron chi connectivity index (χ4n) is 2.55. The second-order valence-corrected chi connectivity index (χ2v) is 5.59. The van der Waals surface area contributed by atoms with E-state index in [4.69, 9.17) is 4.74 Å². The molecule has 2 rings (SSSR count). The SMILES string of the molecule is CC(=O)Oc1c(C)c(C)c(O)c(C)c1CC(=O)c1ccccc1. The highest BCUT2D eigenvalue weighted by Crippen LogP contribution is 2.37. The van der Waals surface area contributed by atoms with Crippen LogP contribution >= 0.6 is 0 Å². The summed E-state index contributed by atoms with van der Waals surface area (Å²) in [4.78, 5) is 23.9. The van der Waals surface area contributed by atoms with Crippen molar-refractivity contribution in [1.29, 1.82) is 0 Å². The van der Waals surface area contributed by atoms with Crippen molar-refractivity contribution in [1.82, 2.24) is 0 Å². The minimum atomic E-state index is -0.453. The lowest BCUT2D eigenvalue weighted by molar-refractivity contribution is -0.132. The fourth-order valence-corrected chi connectivity index (χ4v) is 2.55. The Labute approximate surface area is 135 Å². The first-order chi connectivity index (χ1) is 10.8. The number of hydrogen-bond donors (Lipinski definition) is 1. The molecule has 0 fully saturated rings. The molecule has 0 heterocycles. The Hall–Kier alpha value is -2.62. The number of carbonyl (C=O) groups excluding carboxylic acids is 2. The van der Waals surface area contributed by atoms with Crippen LogP contribution in [0.5, 0.6) is 11.5 Å². The molecule has 0 bridgehead atoms. The molecule has 1 N–H and O–H groups in total. The molecule has 4 nitrogen and oxygen atoms in total. The number of phenols is 1. The summed E-state index contributed by atoms with van der Waals surface area (Å²) in [6.07, 6.45) is 0.0626. The fraction of sp³-hybridized carbons (Fsp3) is 0.263. The molecule has 4 heteroatoms. The summed E-state index contributed by atoms with van der Waals surface area (Å²) < 4.78 is 5.33. The van der Waals surface area contributed by atoms with Crippen molar-refractivity contribution in [3.63, 3.8) is 0 Å². The number of aromatic hydroxyl groups is 1. The second-order valence-electron chi connectivity index (χ2n) is 5.59. The summed E-state index contributed by atoms with van der Waals surface area (Å²) in [6.45, 7) is 6.57. The van der Waals surface area contributed by atoms with E-state index in [1.54, 1.807) is 45.0 Å². The van der Waals surface area contributed by atoms with Gasteiger partial charge in [0, 0.05) is 24.5 Å². The topological polar surface area (TPSA) is 63.6 Å². The highest BCUT2D eigenvalue weighted by atomic mass is 16.5. The lowest BCUT2D eigenvalue weighted by Gasteiger charge is -2.18. The van der Waals surface area contributed by atoms with E-state index in [0.29, 0.717) is 33.6 Å². The number of rotatable bonds is 4. The average molecular weight is 312 g/mol. The van der Waals surface area contributed by atoms with Gasteiger partial charge in [-0.15, -0.1) is 0 Å². The first-order valence-corrected chi connectivity index (χ1v) is 7.41. The summed E-state index contributed by atoms with van der Waals surface area (Å²) in [5, 5.41) is 10.3. The van der Waals surface area contributed by atoms with Crippen LogP contribution in [-0.4, -0.2) is 16.9 Å². The lowest BCUT2D eigenvalue weighted by Crippen LogP contribution is -2.12. The number of carbonyl (C=O) groups is 2. The highest BCUT2D eigenvalue weighted by molar-refractivity contribution is 5.98. The smallest absolute Gasteiger partial charge is 0.308 e. The van der Waals surface area contributed by atoms with Crippen molar-refractivity contribution in [2.75, 3.05) is 0 Å². The number of Topliss-reactive ketones (excluding diaryl/α,β-unsaturated/α-hetero) is 1. The monoisotopic (exact) mass is 312 g/mol. The minimum Gasteiger partial charge on any atom is -0.507 e. The maximum Gasteiger partial charge on any atom is 0.308 e. The van der Waals surface area contributed by atoms with Crippen molar-refractivity contribution in [2.45, 2.75) is 34.1 Å². The normalized spacial score (nSPS) is 10.4. The van der Waals surface area contributed by atoms with Crippen LogP contribution in [-0.2, 0) is 11.2 Å². The molecule has 0 aromatic heterocycles. The van der Waals surface area contributed by atoms with Crippen molar-refractivity contribution < 1.29 is 19.4 Å². The maximum absolute atomic E-state index is 12.5. The van der Waals surface area contributed by atoms with E-state index in [2.05, 4.69) is 0 Å². The Morgan fingerprint density at radius 3 is 2.17 bits per heavy atom. The van der Waals surface area contributed by atoms with E-state index in [1.807, 2.05) is 6.07 Å². The number of hydrogen-bond acceptors (Lipinski definition) is 4. The van der Waals surface area contributed by atoms with Gasteiger partial charge in [-0.25, -0.2) is 0 Å². The molecule has 2 aromatic rings. The summed E-state index contributed by atoms with van der Waals surface area (Å²) in [5.41, 5.74) is 3.01. The van der Waals surface area contributed by atoms with Crippen LogP contribution in [0.2, 0.25) is 0 Å². The van der Waals surface area contributed by atoms with Gasteiger partial charge in [-0.2, -0.15) is 0 Å². The third-order valence-corrected chi connectivity index (χ3v) is 4.02. The van der Waals surface area contributed by atoms with Gasteiger partial charge in [-0.3, -0.25) is 9.59 Å². The molecule has 0 aliphatic carbocycles. The zero-order valence-corrected chi connectivity index (χ0v) is 13.8. The molecule has 23 heavy (non-hydrogen) atoms. The van der Waals surface area contributed by atoms with Gasteiger partial charge in [0.05, 0.1) is 0 Å². The molecule has 0 radical (unpaired) electrons. The number of phenolic OH excluding ortho intramolecular Hbond substituents is 1. The van der Waals surface area contributed by atoms with Crippen LogP contribution in [0.25, 0.3) is 0 Å². The van der Waals surface area contributed by atoms with Gasteiger partial charge in [-0.1, -0.05) is 30.3 Å². The Kier molecular flexibility index (Phi) is 4.84. The van der Waals surface area contributed by atoms with Gasteiger partial charge in [0.25, 0.3) is 0 Å². The van der Waals surface area contributed by atoms with Crippen molar-refractivity contribution in [2.24, 2.45) is 0 Å². The number of esters is 1. The maximum atomic E-state index is 12.5. The molecule has 0 saturated heterocycles. The second kappa shape index (κ2) is 6.65. The third kappa shape index (κ3) is 3.42. The molecule has 2 aromatic carbocycles. The van der Waals surface area contributed by atoms with E-state index >= 15 is 0 Å². The van der Waals surface area contributed by atoms with E-state index < -0.39 is 5.97 Å². The van der Waals surface area contributed by atoms with E-state index in [-0.39, 0.29) is 18.0 Å². The summed E-state index contributed by atoms with van der Waals surface area (Å²) in [5.74, 6) is -0.0420. The Bertz CT molecular complexity index is 761.